The molecule has 1 heterocycles. The van der Waals surface area contributed by atoms with Gasteiger partial charge in [-0.15, -0.1) is 0 Å². The molecule has 1 aromatic carbocycles. The van der Waals surface area contributed by atoms with Crippen LogP contribution in [-0.2, 0) is 6.54 Å². The highest BCUT2D eigenvalue weighted by Crippen LogP contribution is 2.08. The Morgan fingerprint density at radius 1 is 1.42 bits per heavy atom. The van der Waals surface area contributed by atoms with Crippen LogP contribution in [0.1, 0.15) is 24.0 Å². The van der Waals surface area contributed by atoms with Crippen molar-refractivity contribution >= 4 is 11.9 Å². The quantitative estimate of drug-likeness (QED) is 0.329. The molecule has 102 valence electrons. The highest BCUT2D eigenvalue weighted by atomic mass is 16.4. The maximum Gasteiger partial charge on any atom is 0.317 e. The number of carbonyl (C=O) groups is 1. The monoisotopic (exact) mass is 262 g/mol. The number of hydrogen-bond donors (Lipinski definition) is 3. The zero-order valence-corrected chi connectivity index (χ0v) is 10.7. The Balaban J connectivity index is 1.94. The summed E-state index contributed by atoms with van der Waals surface area (Å²) in [7, 11) is 0. The second-order valence-corrected chi connectivity index (χ2v) is 4.54. The number of nitrogens with zero attached hydrogens (tertiary/aromatic N) is 2. The van der Waals surface area contributed by atoms with Gasteiger partial charge in [-0.25, -0.2) is 4.79 Å². The first kappa shape index (κ1) is 13.2. The number of likely N-dealkylation sites (tertiary alicyclic amines) is 1. The largest absolute Gasteiger partial charge is 0.409 e. The number of nitrogens with two attached hydrogens (primary N) is 1. The molecule has 0 atom stereocenters. The van der Waals surface area contributed by atoms with Crippen LogP contribution in [0.2, 0.25) is 0 Å². The molecule has 2 amide bonds. The lowest BCUT2D eigenvalue weighted by molar-refractivity contribution is 0.208. The number of oxime groups is 1. The lowest BCUT2D eigenvalue weighted by Gasteiger charge is -2.16. The van der Waals surface area contributed by atoms with Gasteiger partial charge in [-0.3, -0.25) is 0 Å². The number of rotatable bonds is 3. The minimum Gasteiger partial charge on any atom is -0.409 e. The first-order valence-electron chi connectivity index (χ1n) is 6.30. The van der Waals surface area contributed by atoms with Crippen LogP contribution >= 0.6 is 0 Å². The van der Waals surface area contributed by atoms with E-state index in [2.05, 4.69) is 10.5 Å². The predicted octanol–water partition coefficient (Wildman–Crippen LogP) is 1.09. The summed E-state index contributed by atoms with van der Waals surface area (Å²) < 4.78 is 0. The molecule has 6 heteroatoms. The van der Waals surface area contributed by atoms with Crippen molar-refractivity contribution < 1.29 is 10.0 Å². The van der Waals surface area contributed by atoms with Gasteiger partial charge in [0.1, 0.15) is 0 Å². The van der Waals surface area contributed by atoms with E-state index in [-0.39, 0.29) is 11.9 Å². The van der Waals surface area contributed by atoms with Crippen LogP contribution in [0.4, 0.5) is 4.79 Å². The molecule has 2 rings (SSSR count). The van der Waals surface area contributed by atoms with E-state index in [1.165, 1.54) is 0 Å². The molecule has 1 saturated heterocycles. The fourth-order valence-electron chi connectivity index (χ4n) is 2.11. The minimum absolute atomic E-state index is 0.0355. The third-order valence-electron chi connectivity index (χ3n) is 3.17. The van der Waals surface area contributed by atoms with Gasteiger partial charge < -0.3 is 21.2 Å². The third kappa shape index (κ3) is 3.37. The van der Waals surface area contributed by atoms with Gasteiger partial charge in [-0.1, -0.05) is 23.4 Å². The predicted molar refractivity (Wildman–Crippen MR) is 72.0 cm³/mol. The van der Waals surface area contributed by atoms with Gasteiger partial charge in [0.2, 0.25) is 0 Å². The zero-order chi connectivity index (χ0) is 13.7. The van der Waals surface area contributed by atoms with Crippen molar-refractivity contribution in [1.82, 2.24) is 10.2 Å². The van der Waals surface area contributed by atoms with Crippen molar-refractivity contribution in [3.8, 4) is 0 Å². The molecule has 1 aliphatic heterocycles. The molecule has 0 aliphatic carbocycles. The number of amides is 2. The summed E-state index contributed by atoms with van der Waals surface area (Å²) in [4.78, 5) is 13.6. The van der Waals surface area contributed by atoms with Crippen molar-refractivity contribution in [2.45, 2.75) is 19.4 Å². The molecule has 0 bridgehead atoms. The summed E-state index contributed by atoms with van der Waals surface area (Å²) in [6, 6.07) is 7.20. The Bertz CT molecular complexity index is 481. The fourth-order valence-corrected chi connectivity index (χ4v) is 2.11. The van der Waals surface area contributed by atoms with E-state index in [0.717, 1.165) is 31.5 Å². The standard InChI is InChI=1S/C13H18N4O2/c14-12(16-19)11-5-3-4-10(8-11)9-15-13(18)17-6-1-2-7-17/h3-5,8,19H,1-2,6-7,9H2,(H2,14,16)(H,15,18). The number of amidine groups is 1. The lowest BCUT2D eigenvalue weighted by atomic mass is 10.1. The van der Waals surface area contributed by atoms with Gasteiger partial charge in [-0.2, -0.15) is 0 Å². The van der Waals surface area contributed by atoms with Gasteiger partial charge in [0.05, 0.1) is 0 Å². The first-order valence-corrected chi connectivity index (χ1v) is 6.30. The summed E-state index contributed by atoms with van der Waals surface area (Å²) >= 11 is 0. The van der Waals surface area contributed by atoms with E-state index in [4.69, 9.17) is 10.9 Å². The summed E-state index contributed by atoms with van der Waals surface area (Å²) in [6.45, 7) is 2.09. The van der Waals surface area contributed by atoms with Crippen molar-refractivity contribution in [3.05, 3.63) is 35.4 Å². The number of nitrogens with one attached hydrogen (secondary N) is 1. The van der Waals surface area contributed by atoms with Crippen LogP contribution in [0.15, 0.2) is 29.4 Å². The smallest absolute Gasteiger partial charge is 0.317 e. The Morgan fingerprint density at radius 3 is 2.84 bits per heavy atom. The maximum atomic E-state index is 11.8. The van der Waals surface area contributed by atoms with Crippen molar-refractivity contribution in [1.29, 1.82) is 0 Å². The molecule has 0 radical (unpaired) electrons. The second kappa shape index (κ2) is 6.08. The Labute approximate surface area is 111 Å². The highest BCUT2D eigenvalue weighted by Gasteiger charge is 2.17. The SMILES string of the molecule is NC(=NO)c1cccc(CNC(=O)N2CCCC2)c1. The van der Waals surface area contributed by atoms with E-state index in [9.17, 15) is 4.79 Å². The molecule has 6 nitrogen and oxygen atoms in total. The van der Waals surface area contributed by atoms with Gasteiger partial charge in [0.25, 0.3) is 0 Å². The van der Waals surface area contributed by atoms with E-state index >= 15 is 0 Å². The summed E-state index contributed by atoms with van der Waals surface area (Å²) in [5.74, 6) is 0.0627. The van der Waals surface area contributed by atoms with Crippen LogP contribution in [0.25, 0.3) is 0 Å². The first-order chi connectivity index (χ1) is 9.20. The number of hydrogen-bond acceptors (Lipinski definition) is 3. The normalized spacial score (nSPS) is 15.6. The van der Waals surface area contributed by atoms with E-state index < -0.39 is 0 Å². The van der Waals surface area contributed by atoms with Crippen LogP contribution in [0.3, 0.4) is 0 Å². The summed E-state index contributed by atoms with van der Waals surface area (Å²) in [6.07, 6.45) is 2.15. The van der Waals surface area contributed by atoms with E-state index in [0.29, 0.717) is 12.1 Å². The molecule has 0 spiro atoms. The van der Waals surface area contributed by atoms with E-state index in [1.54, 1.807) is 12.1 Å². The molecule has 19 heavy (non-hydrogen) atoms. The number of benzene rings is 1. The third-order valence-corrected chi connectivity index (χ3v) is 3.17. The number of urea groups is 1. The average Bonchev–Trinajstić information content (AvgIpc) is 2.98. The topological polar surface area (TPSA) is 91.0 Å². The minimum atomic E-state index is -0.0355. The Hall–Kier alpha value is -2.24. The van der Waals surface area contributed by atoms with Crippen LogP contribution in [-0.4, -0.2) is 35.1 Å². The van der Waals surface area contributed by atoms with Gasteiger partial charge in [0, 0.05) is 25.2 Å². The van der Waals surface area contributed by atoms with Crippen LogP contribution in [0.5, 0.6) is 0 Å². The molecule has 4 N–H and O–H groups in total. The second-order valence-electron chi connectivity index (χ2n) is 4.54. The highest BCUT2D eigenvalue weighted by molar-refractivity contribution is 5.97. The number of carbonyl (C=O) groups excluding carboxylic acids is 1. The van der Waals surface area contributed by atoms with Crippen LogP contribution < -0.4 is 11.1 Å². The van der Waals surface area contributed by atoms with Gasteiger partial charge in [-0.05, 0) is 24.5 Å². The molecule has 0 aromatic heterocycles. The molecular formula is C13H18N4O2. The summed E-state index contributed by atoms with van der Waals surface area (Å²) in [5.41, 5.74) is 7.07. The zero-order valence-electron chi connectivity index (χ0n) is 10.7. The molecular weight excluding hydrogens is 244 g/mol. The Kier molecular flexibility index (Phi) is 4.22. The van der Waals surface area contributed by atoms with Crippen LogP contribution in [0, 0.1) is 0 Å². The average molecular weight is 262 g/mol. The molecule has 1 fully saturated rings. The van der Waals surface area contributed by atoms with Crippen molar-refractivity contribution in [2.24, 2.45) is 10.9 Å². The molecule has 0 saturated carbocycles. The molecule has 0 unspecified atom stereocenters. The Morgan fingerprint density at radius 2 is 2.16 bits per heavy atom. The fraction of sp³-hybridized carbons (Fsp3) is 0.385. The van der Waals surface area contributed by atoms with E-state index in [1.807, 2.05) is 17.0 Å². The van der Waals surface area contributed by atoms with Crippen molar-refractivity contribution in [2.75, 3.05) is 13.1 Å². The molecule has 1 aliphatic rings. The maximum absolute atomic E-state index is 11.8. The van der Waals surface area contributed by atoms with Gasteiger partial charge >= 0.3 is 6.03 Å². The van der Waals surface area contributed by atoms with Crippen molar-refractivity contribution in [3.63, 3.8) is 0 Å². The summed E-state index contributed by atoms with van der Waals surface area (Å²) in [5, 5.41) is 14.5. The van der Waals surface area contributed by atoms with Gasteiger partial charge in [0.15, 0.2) is 5.84 Å². The lowest BCUT2D eigenvalue weighted by Crippen LogP contribution is -2.37. The molecule has 1 aromatic rings.